The summed E-state index contributed by atoms with van der Waals surface area (Å²) in [4.78, 5) is 0. The minimum Gasteiger partial charge on any atom is -1.00 e. The van der Waals surface area contributed by atoms with Gasteiger partial charge in [-0.25, -0.2) is 0 Å². The molecule has 9 heavy (non-hydrogen) atoms. The summed E-state index contributed by atoms with van der Waals surface area (Å²) in [5.41, 5.74) is 0. The smallest absolute Gasteiger partial charge is 1.00 e. The van der Waals surface area contributed by atoms with Crippen LogP contribution >= 0.6 is 0 Å². The average Bonchev–Trinajstić information content (AvgIpc) is 1.21. The average molecular weight is 159 g/mol. The molecule has 0 saturated carbocycles. The number of rotatable bonds is 2. The van der Waals surface area contributed by atoms with E-state index in [2.05, 4.69) is 19.6 Å². The van der Waals surface area contributed by atoms with E-state index < -0.39 is 8.07 Å². The zero-order valence-electron chi connectivity index (χ0n) is 8.94. The van der Waals surface area contributed by atoms with Gasteiger partial charge in [0, 0.05) is 14.2 Å². The van der Waals surface area contributed by atoms with E-state index in [1.54, 1.807) is 0 Å². The van der Waals surface area contributed by atoms with Gasteiger partial charge in [0.15, 0.2) is 0 Å². The molecule has 0 radical (unpaired) electrons. The third kappa shape index (κ3) is 12.2. The molecule has 1 atom stereocenters. The Bertz CT molecular complexity index is 75.5. The summed E-state index contributed by atoms with van der Waals surface area (Å²) < 4.78 is 0. The Hall–Kier alpha value is 0.943. The van der Waals surface area contributed by atoms with Crippen molar-refractivity contribution >= 4 is 31.1 Å². The van der Waals surface area contributed by atoms with E-state index in [-0.39, 0.29) is 32.0 Å². The van der Waals surface area contributed by atoms with Crippen LogP contribution in [-0.4, -0.2) is 42.3 Å². The van der Waals surface area contributed by atoms with Crippen LogP contribution < -0.4 is 0 Å². The first-order valence-corrected chi connectivity index (χ1v) is 6.80. The summed E-state index contributed by atoms with van der Waals surface area (Å²) in [5.74, 6) is 0. The molecule has 0 bridgehead atoms. The van der Waals surface area contributed by atoms with Crippen molar-refractivity contribution in [3.05, 3.63) is 0 Å². The molecule has 0 aromatic rings. The topological polar surface area (TPSA) is 20.2 Å². The molecule has 0 spiro atoms. The Labute approximate surface area is 78.0 Å². The second-order valence-electron chi connectivity index (χ2n) is 3.61. The van der Waals surface area contributed by atoms with Crippen molar-refractivity contribution < 1.29 is 7.96 Å². The summed E-state index contributed by atoms with van der Waals surface area (Å²) in [6.45, 7) is 8.65. The Morgan fingerprint density at radius 1 is 1.44 bits per heavy atom. The number of hydrogen-bond donors (Lipinski definition) is 1. The molecular weight excluding hydrogens is 140 g/mol. The minimum atomic E-state index is -0.970. The van der Waals surface area contributed by atoms with Gasteiger partial charge in [0.05, 0.1) is 0 Å². The van der Waals surface area contributed by atoms with Crippen LogP contribution in [0.3, 0.4) is 0 Å². The Morgan fingerprint density at radius 2 is 1.78 bits per heavy atom. The standard InChI is InChI=1S/C6H16OSi.Mg.2H/c1-6(7)5-8(2,3)4;;;/h6-7H,5H2,1-4H3;;;/q;+2;2*-1. The zero-order valence-corrected chi connectivity index (χ0v) is 9.35. The van der Waals surface area contributed by atoms with Gasteiger partial charge in [-0.3, -0.25) is 0 Å². The summed E-state index contributed by atoms with van der Waals surface area (Å²) in [5, 5.41) is 8.92. The van der Waals surface area contributed by atoms with Gasteiger partial charge < -0.3 is 7.96 Å². The van der Waals surface area contributed by atoms with Crippen molar-refractivity contribution in [2.45, 2.75) is 38.7 Å². The number of aliphatic hydroxyl groups is 1. The van der Waals surface area contributed by atoms with E-state index in [9.17, 15) is 0 Å². The van der Waals surface area contributed by atoms with Crippen molar-refractivity contribution in [1.82, 2.24) is 0 Å². The molecule has 1 unspecified atom stereocenters. The van der Waals surface area contributed by atoms with Crippen molar-refractivity contribution in [3.63, 3.8) is 0 Å². The van der Waals surface area contributed by atoms with Gasteiger partial charge in [-0.15, -0.1) is 0 Å². The quantitative estimate of drug-likeness (QED) is 0.605. The molecule has 0 fully saturated rings. The molecule has 3 heteroatoms. The van der Waals surface area contributed by atoms with Gasteiger partial charge in [0.25, 0.3) is 0 Å². The van der Waals surface area contributed by atoms with Crippen LogP contribution in [-0.2, 0) is 0 Å². The maximum atomic E-state index is 8.92. The first-order chi connectivity index (χ1) is 3.42. The van der Waals surface area contributed by atoms with Crippen LogP contribution in [0.4, 0.5) is 0 Å². The van der Waals surface area contributed by atoms with Crippen LogP contribution in [0.15, 0.2) is 0 Å². The molecular formula is C6H18MgOSi. The molecule has 0 amide bonds. The molecule has 1 N–H and O–H groups in total. The van der Waals surface area contributed by atoms with Crippen LogP contribution in [0.1, 0.15) is 9.78 Å². The monoisotopic (exact) mass is 158 g/mol. The fraction of sp³-hybridized carbons (Fsp3) is 1.00. The molecule has 0 heterocycles. The Kier molecular flexibility index (Phi) is 6.60. The molecule has 0 aliphatic heterocycles. The summed E-state index contributed by atoms with van der Waals surface area (Å²) >= 11 is 0. The van der Waals surface area contributed by atoms with Gasteiger partial charge in [0.1, 0.15) is 0 Å². The fourth-order valence-electron chi connectivity index (χ4n) is 0.886. The van der Waals surface area contributed by atoms with Crippen molar-refractivity contribution in [2.75, 3.05) is 0 Å². The molecule has 0 aromatic heterocycles. The minimum absolute atomic E-state index is 0. The van der Waals surface area contributed by atoms with Gasteiger partial charge in [0.2, 0.25) is 0 Å². The second kappa shape index (κ2) is 4.71. The SMILES string of the molecule is CC(O)C[Si](C)(C)C.[H-].[H-].[Mg+2]. The van der Waals surface area contributed by atoms with Crippen LogP contribution in [0.25, 0.3) is 0 Å². The summed E-state index contributed by atoms with van der Waals surface area (Å²) in [7, 11) is -0.970. The largest absolute Gasteiger partial charge is 2.00 e. The second-order valence-corrected chi connectivity index (χ2v) is 9.14. The normalized spacial score (nSPS) is 14.3. The summed E-state index contributed by atoms with van der Waals surface area (Å²) in [6, 6.07) is 1.02. The maximum absolute atomic E-state index is 8.92. The zero-order chi connectivity index (χ0) is 6.78. The number of aliphatic hydroxyl groups excluding tert-OH is 1. The van der Waals surface area contributed by atoms with E-state index in [4.69, 9.17) is 5.11 Å². The van der Waals surface area contributed by atoms with Crippen LogP contribution in [0.5, 0.6) is 0 Å². The fourth-order valence-corrected chi connectivity index (χ4v) is 2.66. The Morgan fingerprint density at radius 3 is 1.78 bits per heavy atom. The predicted octanol–water partition coefficient (Wildman–Crippen LogP) is 1.55. The maximum Gasteiger partial charge on any atom is 2.00 e. The number of hydrogen-bond acceptors (Lipinski definition) is 1. The Balaban J connectivity index is -0.0000000817. The van der Waals surface area contributed by atoms with Crippen molar-refractivity contribution in [1.29, 1.82) is 0 Å². The van der Waals surface area contributed by atoms with E-state index in [1.165, 1.54) is 0 Å². The molecule has 1 nitrogen and oxygen atoms in total. The van der Waals surface area contributed by atoms with Crippen molar-refractivity contribution in [3.8, 4) is 0 Å². The first-order valence-electron chi connectivity index (χ1n) is 3.10. The van der Waals surface area contributed by atoms with Gasteiger partial charge in [-0.1, -0.05) is 19.6 Å². The van der Waals surface area contributed by atoms with Gasteiger partial charge in [-0.05, 0) is 13.0 Å². The van der Waals surface area contributed by atoms with E-state index in [0.29, 0.717) is 0 Å². The molecule has 0 saturated heterocycles. The van der Waals surface area contributed by atoms with E-state index >= 15 is 0 Å². The molecule has 54 valence electrons. The molecule has 0 rings (SSSR count). The van der Waals surface area contributed by atoms with Crippen LogP contribution in [0.2, 0.25) is 25.7 Å². The third-order valence-electron chi connectivity index (χ3n) is 0.908. The first kappa shape index (κ1) is 12.6. The predicted molar refractivity (Wildman–Crippen MR) is 47.8 cm³/mol. The van der Waals surface area contributed by atoms with Gasteiger partial charge in [-0.2, -0.15) is 0 Å². The third-order valence-corrected chi connectivity index (χ3v) is 2.72. The molecule has 0 aromatic carbocycles. The molecule has 0 aliphatic carbocycles. The van der Waals surface area contributed by atoms with Crippen molar-refractivity contribution in [2.24, 2.45) is 0 Å². The summed E-state index contributed by atoms with van der Waals surface area (Å²) in [6.07, 6.45) is -0.0957. The van der Waals surface area contributed by atoms with Crippen LogP contribution in [0, 0.1) is 0 Å². The molecule has 0 aliphatic rings. The van der Waals surface area contributed by atoms with E-state index in [1.807, 2.05) is 6.92 Å². The van der Waals surface area contributed by atoms with E-state index in [0.717, 1.165) is 6.04 Å². The van der Waals surface area contributed by atoms with Gasteiger partial charge >= 0.3 is 23.1 Å².